The van der Waals surface area contributed by atoms with E-state index in [-0.39, 0.29) is 36.3 Å². The summed E-state index contributed by atoms with van der Waals surface area (Å²) in [7, 11) is 0. The molecular formula is C31H40Cl2N4O3S. The van der Waals surface area contributed by atoms with Crippen molar-refractivity contribution in [2.75, 3.05) is 26.2 Å². The van der Waals surface area contributed by atoms with Crippen LogP contribution in [0, 0.1) is 26.7 Å². The largest absolute Gasteiger partial charge is 0.507 e. The van der Waals surface area contributed by atoms with Gasteiger partial charge in [0.05, 0.1) is 21.8 Å². The molecule has 1 saturated heterocycles. The Kier molecular flexibility index (Phi) is 9.58. The highest BCUT2D eigenvalue weighted by molar-refractivity contribution is 8.04. The molecule has 1 unspecified atom stereocenters. The van der Waals surface area contributed by atoms with E-state index < -0.39 is 0 Å². The minimum atomic E-state index is -0.191. The van der Waals surface area contributed by atoms with Crippen molar-refractivity contribution in [3.63, 3.8) is 0 Å². The van der Waals surface area contributed by atoms with Crippen molar-refractivity contribution in [1.82, 2.24) is 19.6 Å². The van der Waals surface area contributed by atoms with Crippen molar-refractivity contribution in [2.24, 2.45) is 5.92 Å². The molecule has 0 radical (unpaired) electrons. The molecule has 0 aliphatic carbocycles. The van der Waals surface area contributed by atoms with Crippen molar-refractivity contribution in [3.05, 3.63) is 57.2 Å². The maximum absolute atomic E-state index is 13.0. The minimum Gasteiger partial charge on any atom is -0.507 e. The van der Waals surface area contributed by atoms with Crippen molar-refractivity contribution in [1.29, 1.82) is 0 Å². The van der Waals surface area contributed by atoms with Gasteiger partial charge in [0.2, 0.25) is 0 Å². The lowest BCUT2D eigenvalue weighted by atomic mass is 9.85. The molecular weight excluding hydrogens is 579 g/mol. The Bertz CT molecular complexity index is 1480. The van der Waals surface area contributed by atoms with Crippen LogP contribution in [0.15, 0.2) is 34.3 Å². The third-order valence-corrected chi connectivity index (χ3v) is 10.1. The number of carbonyl (C=O) groups excluding carboxylic acids is 1. The Morgan fingerprint density at radius 3 is 2.68 bits per heavy atom. The van der Waals surface area contributed by atoms with Gasteiger partial charge in [-0.1, -0.05) is 17.8 Å². The van der Waals surface area contributed by atoms with Gasteiger partial charge in [-0.25, -0.2) is 4.98 Å². The zero-order valence-corrected chi connectivity index (χ0v) is 26.6. The molecule has 7 nitrogen and oxygen atoms in total. The Morgan fingerprint density at radius 2 is 1.93 bits per heavy atom. The first-order valence-electron chi connectivity index (χ1n) is 14.1. The quantitative estimate of drug-likeness (QED) is 0.339. The molecule has 10 heteroatoms. The first-order chi connectivity index (χ1) is 18.7. The lowest BCUT2D eigenvalue weighted by Gasteiger charge is -2.40. The van der Waals surface area contributed by atoms with Gasteiger partial charge in [0.15, 0.2) is 0 Å². The second-order valence-corrected chi connectivity index (χ2v) is 12.7. The summed E-state index contributed by atoms with van der Waals surface area (Å²) in [6.07, 6.45) is 8.85. The van der Waals surface area contributed by atoms with E-state index >= 15 is 0 Å². The van der Waals surface area contributed by atoms with Crippen LogP contribution in [0.25, 0.3) is 11.7 Å². The summed E-state index contributed by atoms with van der Waals surface area (Å²) in [6.45, 7) is 12.1. The normalized spacial score (nSPS) is 20.3. The van der Waals surface area contributed by atoms with E-state index in [9.17, 15) is 9.90 Å². The molecule has 3 aliphatic rings. The number of nitrogens with one attached hydrogen (secondary N) is 1. The number of phenolic OH excluding ortho intramolecular Hbond substituents is 1. The Balaban J connectivity index is 0.00000194. The van der Waals surface area contributed by atoms with E-state index in [4.69, 9.17) is 4.74 Å². The summed E-state index contributed by atoms with van der Waals surface area (Å²) >= 11 is 1.51. The van der Waals surface area contributed by atoms with Gasteiger partial charge in [-0.05, 0) is 114 Å². The van der Waals surface area contributed by atoms with Crippen LogP contribution < -0.4 is 10.1 Å². The van der Waals surface area contributed by atoms with Crippen LogP contribution >= 0.6 is 36.6 Å². The maximum Gasteiger partial charge on any atom is 0.258 e. The van der Waals surface area contributed by atoms with Gasteiger partial charge in [0, 0.05) is 18.7 Å². The first kappa shape index (κ1) is 31.5. The molecule has 222 valence electrons. The monoisotopic (exact) mass is 618 g/mol. The molecule has 0 bridgehead atoms. The second kappa shape index (κ2) is 12.5. The van der Waals surface area contributed by atoms with Gasteiger partial charge in [0.25, 0.3) is 5.91 Å². The highest BCUT2D eigenvalue weighted by Gasteiger charge is 2.35. The fraction of sp³-hybridized carbons (Fsp3) is 0.484. The molecule has 5 heterocycles. The van der Waals surface area contributed by atoms with E-state index in [2.05, 4.69) is 33.4 Å². The molecule has 2 N–H and O–H groups in total. The lowest BCUT2D eigenvalue weighted by molar-refractivity contribution is -0.117. The van der Waals surface area contributed by atoms with Crippen molar-refractivity contribution in [3.8, 4) is 11.5 Å². The number of carbonyl (C=O) groups is 1. The molecule has 1 atom stereocenters. The second-order valence-electron chi connectivity index (χ2n) is 11.7. The number of thioether (sulfide) groups is 1. The molecule has 6 rings (SSSR count). The van der Waals surface area contributed by atoms with Crippen LogP contribution in [0.2, 0.25) is 0 Å². The first-order valence-corrected chi connectivity index (χ1v) is 14.9. The van der Waals surface area contributed by atoms with E-state index in [1.807, 2.05) is 44.3 Å². The number of rotatable bonds is 6. The summed E-state index contributed by atoms with van der Waals surface area (Å²) < 4.78 is 8.72. The fourth-order valence-corrected chi connectivity index (χ4v) is 7.21. The highest BCUT2D eigenvalue weighted by atomic mass is 35.5. The number of piperidine rings is 1. The van der Waals surface area contributed by atoms with E-state index in [1.165, 1.54) is 17.3 Å². The molecule has 41 heavy (non-hydrogen) atoms. The van der Waals surface area contributed by atoms with E-state index in [0.29, 0.717) is 11.7 Å². The van der Waals surface area contributed by atoms with Gasteiger partial charge in [0.1, 0.15) is 22.7 Å². The van der Waals surface area contributed by atoms with Crippen molar-refractivity contribution < 1.29 is 14.6 Å². The fourth-order valence-electron chi connectivity index (χ4n) is 6.20. The Labute approximate surface area is 258 Å². The van der Waals surface area contributed by atoms with Gasteiger partial charge in [-0.15, -0.1) is 24.8 Å². The molecule has 1 amide bonds. The van der Waals surface area contributed by atoms with Gasteiger partial charge in [-0.3, -0.25) is 9.20 Å². The number of ether oxygens (including phenoxy) is 1. The van der Waals surface area contributed by atoms with Crippen LogP contribution in [-0.4, -0.2) is 57.1 Å². The third kappa shape index (κ3) is 6.07. The maximum atomic E-state index is 13.0. The number of aromatic nitrogens is 2. The number of pyridine rings is 1. The van der Waals surface area contributed by atoms with Crippen LogP contribution in [0.5, 0.6) is 11.5 Å². The number of halogens is 2. The number of hydrogen-bond donors (Lipinski definition) is 2. The number of imidazole rings is 1. The van der Waals surface area contributed by atoms with E-state index in [0.717, 1.165) is 102 Å². The summed E-state index contributed by atoms with van der Waals surface area (Å²) in [5.74, 6) is 1.90. The zero-order chi connectivity index (χ0) is 27.3. The number of hydrogen-bond acceptors (Lipinski definition) is 6. The predicted molar refractivity (Wildman–Crippen MR) is 170 cm³/mol. The number of phenols is 1. The van der Waals surface area contributed by atoms with Crippen LogP contribution in [0.1, 0.15) is 60.6 Å². The minimum absolute atomic E-state index is 0. The molecule has 3 aliphatic heterocycles. The Morgan fingerprint density at radius 1 is 1.17 bits per heavy atom. The number of likely N-dealkylation sites (tertiary alicyclic amines) is 1. The number of nitrogens with zero attached hydrogens (tertiary/aromatic N) is 3. The summed E-state index contributed by atoms with van der Waals surface area (Å²) in [5.41, 5.74) is 5.79. The SMILES string of the molecule is Cc1c(C)c2c(c(C)c1O)CCC(C)(CCN1CCC(CNC(=O)C3=Cc4cnc5cccc(n45)S3)CC1)O2.Cl.Cl. The lowest BCUT2D eigenvalue weighted by Crippen LogP contribution is -2.43. The standard InChI is InChI=1S/C31H38N4O3S.2ClH/c1-19-20(2)29-24(21(3)28(19)36)8-11-31(4,38-29)12-15-34-13-9-22(10-14-34)17-33-30(37)25-16-23-18-32-26-6-5-7-27(39-25)35(23)26;;/h5-7,16,18,22,36H,8-15,17H2,1-4H3,(H,33,37);2*1H. The zero-order valence-electron chi connectivity index (χ0n) is 24.2. The number of aromatic hydroxyl groups is 1. The average Bonchev–Trinajstić information content (AvgIpc) is 3.37. The topological polar surface area (TPSA) is 79.1 Å². The van der Waals surface area contributed by atoms with Crippen LogP contribution in [0.4, 0.5) is 0 Å². The Hall–Kier alpha value is -2.39. The van der Waals surface area contributed by atoms with Crippen LogP contribution in [-0.2, 0) is 11.2 Å². The smallest absolute Gasteiger partial charge is 0.258 e. The molecule has 3 aromatic rings. The summed E-state index contributed by atoms with van der Waals surface area (Å²) in [6, 6.07) is 6.00. The van der Waals surface area contributed by atoms with Gasteiger partial charge in [-0.2, -0.15) is 0 Å². The van der Waals surface area contributed by atoms with Crippen LogP contribution in [0.3, 0.4) is 0 Å². The number of amides is 1. The van der Waals surface area contributed by atoms with Crippen molar-refractivity contribution in [2.45, 2.75) is 70.4 Å². The summed E-state index contributed by atoms with van der Waals surface area (Å²) in [4.78, 5) is 20.7. The molecule has 2 aromatic heterocycles. The molecule has 1 aromatic carbocycles. The highest BCUT2D eigenvalue weighted by Crippen LogP contribution is 2.44. The molecule has 0 saturated carbocycles. The number of fused-ring (bicyclic) bond motifs is 1. The molecule has 0 spiro atoms. The predicted octanol–water partition coefficient (Wildman–Crippen LogP) is 6.26. The molecule has 1 fully saturated rings. The number of benzene rings is 1. The average molecular weight is 620 g/mol. The summed E-state index contributed by atoms with van der Waals surface area (Å²) in [5, 5.41) is 14.7. The van der Waals surface area contributed by atoms with Gasteiger partial charge >= 0.3 is 0 Å². The third-order valence-electron chi connectivity index (χ3n) is 9.05. The van der Waals surface area contributed by atoms with E-state index in [1.54, 1.807) is 0 Å². The van der Waals surface area contributed by atoms with Crippen molar-refractivity contribution >= 4 is 54.2 Å². The van der Waals surface area contributed by atoms with Gasteiger partial charge < -0.3 is 20.1 Å².